The Hall–Kier alpha value is -4.26. The molecule has 7 heteroatoms. The van der Waals surface area contributed by atoms with E-state index in [-0.39, 0.29) is 12.3 Å². The molecule has 0 spiro atoms. The molecule has 1 aliphatic heterocycles. The molecule has 4 rings (SSSR count). The molecule has 0 saturated heterocycles. The first-order valence-electron chi connectivity index (χ1n) is 9.94. The van der Waals surface area contributed by atoms with Gasteiger partial charge in [-0.1, -0.05) is 48.5 Å². The second-order valence-corrected chi connectivity index (χ2v) is 7.32. The molecule has 0 aliphatic carbocycles. The zero-order valence-corrected chi connectivity index (χ0v) is 17.2. The van der Waals surface area contributed by atoms with Crippen molar-refractivity contribution in [3.63, 3.8) is 0 Å². The Bertz CT molecular complexity index is 1220. The highest BCUT2D eigenvalue weighted by Crippen LogP contribution is 2.37. The monoisotopic (exact) mass is 428 g/mol. The lowest BCUT2D eigenvalue weighted by atomic mass is 9.90. The number of ether oxygens (including phenoxy) is 1. The quantitative estimate of drug-likeness (QED) is 0.457. The van der Waals surface area contributed by atoms with E-state index in [9.17, 15) is 14.4 Å². The van der Waals surface area contributed by atoms with Crippen molar-refractivity contribution in [2.45, 2.75) is 12.3 Å². The van der Waals surface area contributed by atoms with Crippen LogP contribution in [0.4, 0.5) is 11.4 Å². The van der Waals surface area contributed by atoms with Gasteiger partial charge in [-0.05, 0) is 41.0 Å². The van der Waals surface area contributed by atoms with E-state index in [1.54, 1.807) is 42.5 Å². The number of carboxylic acids is 1. The number of hydrogen-bond acceptors (Lipinski definition) is 5. The van der Waals surface area contributed by atoms with Crippen molar-refractivity contribution >= 4 is 34.9 Å². The van der Waals surface area contributed by atoms with Crippen molar-refractivity contribution in [1.82, 2.24) is 0 Å². The van der Waals surface area contributed by atoms with Crippen LogP contribution in [0.15, 0.2) is 77.8 Å². The van der Waals surface area contributed by atoms with Crippen LogP contribution >= 0.6 is 0 Å². The number of aliphatic carboxylic acids is 1. The first kappa shape index (κ1) is 21.0. The molecule has 160 valence electrons. The summed E-state index contributed by atoms with van der Waals surface area (Å²) in [6.45, 7) is 0. The molecule has 1 unspecified atom stereocenters. The van der Waals surface area contributed by atoms with E-state index in [4.69, 9.17) is 14.8 Å². The Morgan fingerprint density at radius 3 is 2.38 bits per heavy atom. The molecule has 0 radical (unpaired) electrons. The van der Waals surface area contributed by atoms with Crippen LogP contribution in [-0.4, -0.2) is 35.8 Å². The summed E-state index contributed by atoms with van der Waals surface area (Å²) in [6, 6.07) is 21.2. The molecular weight excluding hydrogens is 408 g/mol. The van der Waals surface area contributed by atoms with Gasteiger partial charge in [-0.25, -0.2) is 4.79 Å². The van der Waals surface area contributed by atoms with Crippen LogP contribution < -0.4 is 5.32 Å². The van der Waals surface area contributed by atoms with Gasteiger partial charge in [0.25, 0.3) is 0 Å². The minimum absolute atomic E-state index is 0.0729. The number of rotatable bonds is 6. The van der Waals surface area contributed by atoms with E-state index in [1.165, 1.54) is 7.11 Å². The fourth-order valence-corrected chi connectivity index (χ4v) is 3.69. The largest absolute Gasteiger partial charge is 0.481 e. The van der Waals surface area contributed by atoms with Gasteiger partial charge >= 0.3 is 11.9 Å². The van der Waals surface area contributed by atoms with Crippen LogP contribution in [0.25, 0.3) is 0 Å². The highest BCUT2D eigenvalue weighted by Gasteiger charge is 2.35. The predicted molar refractivity (Wildman–Crippen MR) is 120 cm³/mol. The van der Waals surface area contributed by atoms with Crippen LogP contribution in [0, 0.1) is 0 Å². The summed E-state index contributed by atoms with van der Waals surface area (Å²) < 4.78 is 4.77. The minimum Gasteiger partial charge on any atom is -0.481 e. The number of aliphatic imine (C=N–C) groups is 1. The van der Waals surface area contributed by atoms with Gasteiger partial charge in [-0.3, -0.25) is 14.6 Å². The molecule has 3 aromatic carbocycles. The second kappa shape index (κ2) is 8.85. The van der Waals surface area contributed by atoms with E-state index in [0.717, 1.165) is 5.56 Å². The maximum absolute atomic E-state index is 13.0. The molecule has 2 N–H and O–H groups in total. The van der Waals surface area contributed by atoms with E-state index in [2.05, 4.69) is 5.32 Å². The third-order valence-corrected chi connectivity index (χ3v) is 5.19. The maximum atomic E-state index is 13.0. The minimum atomic E-state index is -0.906. The van der Waals surface area contributed by atoms with Gasteiger partial charge in [0.1, 0.15) is 5.92 Å². The Balaban J connectivity index is 1.77. The summed E-state index contributed by atoms with van der Waals surface area (Å²) in [5, 5.41) is 11.8. The number of esters is 1. The van der Waals surface area contributed by atoms with Gasteiger partial charge in [-0.15, -0.1) is 0 Å². The smallest absolute Gasteiger partial charge is 0.337 e. The lowest BCUT2D eigenvalue weighted by Crippen LogP contribution is -2.21. The van der Waals surface area contributed by atoms with Gasteiger partial charge in [0.05, 0.1) is 30.5 Å². The Kier molecular flexibility index (Phi) is 5.81. The fourth-order valence-electron chi connectivity index (χ4n) is 3.69. The third-order valence-electron chi connectivity index (χ3n) is 5.19. The molecule has 7 nitrogen and oxygen atoms in total. The van der Waals surface area contributed by atoms with Crippen LogP contribution in [0.5, 0.6) is 0 Å². The van der Waals surface area contributed by atoms with Crippen molar-refractivity contribution in [1.29, 1.82) is 0 Å². The van der Waals surface area contributed by atoms with E-state index in [1.807, 2.05) is 30.3 Å². The normalized spacial score (nSPS) is 15.1. The molecule has 0 fully saturated rings. The Morgan fingerprint density at radius 1 is 1.00 bits per heavy atom. The van der Waals surface area contributed by atoms with Crippen LogP contribution in [0.1, 0.15) is 33.0 Å². The number of nitrogens with one attached hydrogen (secondary N) is 1. The number of carboxylic acid groups (broad SMARTS) is 1. The number of amides is 1. The average molecular weight is 428 g/mol. The summed E-state index contributed by atoms with van der Waals surface area (Å²) >= 11 is 0. The van der Waals surface area contributed by atoms with Gasteiger partial charge in [0.2, 0.25) is 5.91 Å². The molecule has 0 saturated carbocycles. The first-order valence-corrected chi connectivity index (χ1v) is 9.94. The standard InChI is InChI=1S/C25H20N2O5/c1-32-25(31)17-9-12-19-20(14-17)27-24(30)22(19)23(16-5-3-2-4-6-16)26-18-10-7-15(8-11-18)13-21(28)29/h2-12,14,22H,13H2,1H3,(H,27,30)(H,28,29). The average Bonchev–Trinajstić information content (AvgIpc) is 3.13. The molecule has 1 aliphatic rings. The van der Waals surface area contributed by atoms with Crippen LogP contribution in [0.2, 0.25) is 0 Å². The van der Waals surface area contributed by atoms with E-state index < -0.39 is 17.9 Å². The SMILES string of the molecule is COC(=O)c1ccc2c(c1)NC(=O)C2C(=Nc1ccc(CC(=O)O)cc1)c1ccccc1. The van der Waals surface area contributed by atoms with Gasteiger partial charge in [-0.2, -0.15) is 0 Å². The second-order valence-electron chi connectivity index (χ2n) is 7.32. The molecule has 32 heavy (non-hydrogen) atoms. The number of carbonyl (C=O) groups is 3. The molecule has 0 aromatic heterocycles. The third kappa shape index (κ3) is 4.27. The van der Waals surface area contributed by atoms with E-state index >= 15 is 0 Å². The van der Waals surface area contributed by atoms with Crippen molar-refractivity contribution in [2.75, 3.05) is 12.4 Å². The van der Waals surface area contributed by atoms with E-state index in [0.29, 0.717) is 33.8 Å². The maximum Gasteiger partial charge on any atom is 0.337 e. The zero-order chi connectivity index (χ0) is 22.7. The lowest BCUT2D eigenvalue weighted by Gasteiger charge is -2.14. The van der Waals surface area contributed by atoms with Crippen molar-refractivity contribution in [3.05, 3.63) is 95.1 Å². The molecule has 1 amide bonds. The highest BCUT2D eigenvalue weighted by atomic mass is 16.5. The summed E-state index contributed by atoms with van der Waals surface area (Å²) in [6.07, 6.45) is -0.0729. The van der Waals surface area contributed by atoms with Crippen molar-refractivity contribution < 1.29 is 24.2 Å². The topological polar surface area (TPSA) is 105 Å². The summed E-state index contributed by atoms with van der Waals surface area (Å²) in [7, 11) is 1.30. The number of methoxy groups -OCH3 is 1. The Morgan fingerprint density at radius 2 is 1.72 bits per heavy atom. The number of nitrogens with zero attached hydrogens (tertiary/aromatic N) is 1. The van der Waals surface area contributed by atoms with Crippen molar-refractivity contribution in [2.24, 2.45) is 4.99 Å². The first-order chi connectivity index (χ1) is 15.5. The fraction of sp³-hybridized carbons (Fsp3) is 0.120. The van der Waals surface area contributed by atoms with Crippen molar-refractivity contribution in [3.8, 4) is 0 Å². The number of hydrogen-bond donors (Lipinski definition) is 2. The summed E-state index contributed by atoms with van der Waals surface area (Å²) in [4.78, 5) is 40.6. The van der Waals surface area contributed by atoms with Crippen LogP contribution in [0.3, 0.4) is 0 Å². The summed E-state index contributed by atoms with van der Waals surface area (Å²) in [5.74, 6) is -2.30. The van der Waals surface area contributed by atoms with Crippen LogP contribution in [-0.2, 0) is 20.7 Å². The summed E-state index contributed by atoms with van der Waals surface area (Å²) in [5.41, 5.74) is 4.21. The number of carbonyl (C=O) groups excluding carboxylic acids is 2. The molecule has 3 aromatic rings. The van der Waals surface area contributed by atoms with Gasteiger partial charge in [0, 0.05) is 5.69 Å². The number of anilines is 1. The lowest BCUT2D eigenvalue weighted by molar-refractivity contribution is -0.136. The molecular formula is C25H20N2O5. The van der Waals surface area contributed by atoms with Gasteiger partial charge in [0.15, 0.2) is 0 Å². The van der Waals surface area contributed by atoms with Gasteiger partial charge < -0.3 is 15.2 Å². The Labute approximate surface area is 184 Å². The number of fused-ring (bicyclic) bond motifs is 1. The highest BCUT2D eigenvalue weighted by molar-refractivity contribution is 6.24. The molecule has 1 heterocycles. The molecule has 0 bridgehead atoms. The zero-order valence-electron chi connectivity index (χ0n) is 17.2. The molecule has 1 atom stereocenters. The predicted octanol–water partition coefficient (Wildman–Crippen LogP) is 3.96. The number of benzene rings is 3.